The number of amides is 1. The van der Waals surface area contributed by atoms with Crippen molar-refractivity contribution in [1.82, 2.24) is 14.7 Å². The van der Waals surface area contributed by atoms with E-state index in [1.165, 1.54) is 0 Å². The summed E-state index contributed by atoms with van der Waals surface area (Å²) in [4.78, 5) is 14.1. The summed E-state index contributed by atoms with van der Waals surface area (Å²) in [6.45, 7) is 2.52. The molecular weight excluding hydrogens is 242 g/mol. The smallest absolute Gasteiger partial charge is 0.257 e. The van der Waals surface area contributed by atoms with Gasteiger partial charge in [-0.1, -0.05) is 18.2 Å². The van der Waals surface area contributed by atoms with Crippen LogP contribution < -0.4 is 0 Å². The monoisotopic (exact) mass is 257 g/mol. The van der Waals surface area contributed by atoms with Crippen LogP contribution in [0.5, 0.6) is 0 Å². The first-order valence-electron chi connectivity index (χ1n) is 6.32. The maximum absolute atomic E-state index is 12.3. The van der Waals surface area contributed by atoms with Gasteiger partial charge in [-0.25, -0.2) is 4.68 Å². The van der Waals surface area contributed by atoms with Gasteiger partial charge in [0.25, 0.3) is 5.91 Å². The minimum absolute atomic E-state index is 0.0190. The number of benzene rings is 1. The molecule has 1 aliphatic rings. The molecule has 19 heavy (non-hydrogen) atoms. The molecule has 3 rings (SSSR count). The summed E-state index contributed by atoms with van der Waals surface area (Å²) in [6, 6.07) is 9.75. The van der Waals surface area contributed by atoms with Crippen LogP contribution in [0.3, 0.4) is 0 Å². The molecule has 0 saturated carbocycles. The number of morpholine rings is 1. The minimum Gasteiger partial charge on any atom is -0.378 e. The minimum atomic E-state index is 0.0190. The Morgan fingerprint density at radius 1 is 1.16 bits per heavy atom. The molecule has 0 radical (unpaired) electrons. The van der Waals surface area contributed by atoms with E-state index in [2.05, 4.69) is 5.10 Å². The Morgan fingerprint density at radius 2 is 1.89 bits per heavy atom. The number of hydrogen-bond donors (Lipinski definition) is 0. The number of para-hydroxylation sites is 1. The van der Waals surface area contributed by atoms with E-state index in [0.29, 0.717) is 31.9 Å². The highest BCUT2D eigenvalue weighted by Crippen LogP contribution is 2.10. The zero-order valence-corrected chi connectivity index (χ0v) is 10.5. The molecule has 1 aliphatic heterocycles. The number of carbonyl (C=O) groups excluding carboxylic acids is 1. The van der Waals surface area contributed by atoms with Crippen molar-refractivity contribution in [3.8, 4) is 5.69 Å². The van der Waals surface area contributed by atoms with Gasteiger partial charge < -0.3 is 9.64 Å². The van der Waals surface area contributed by atoms with Gasteiger partial charge in [-0.05, 0) is 12.1 Å². The average Bonchev–Trinajstić information content (AvgIpc) is 2.98. The first-order valence-corrected chi connectivity index (χ1v) is 6.32. The van der Waals surface area contributed by atoms with Crippen molar-refractivity contribution in [2.24, 2.45) is 0 Å². The molecule has 0 spiro atoms. The first-order chi connectivity index (χ1) is 9.34. The van der Waals surface area contributed by atoms with Gasteiger partial charge in [-0.15, -0.1) is 0 Å². The van der Waals surface area contributed by atoms with Crippen LogP contribution in [0.15, 0.2) is 42.7 Å². The normalized spacial score (nSPS) is 15.5. The summed E-state index contributed by atoms with van der Waals surface area (Å²) in [7, 11) is 0. The fourth-order valence-electron chi connectivity index (χ4n) is 2.10. The Bertz CT molecular complexity index is 559. The quantitative estimate of drug-likeness (QED) is 0.815. The largest absolute Gasteiger partial charge is 0.378 e. The third kappa shape index (κ3) is 2.51. The van der Waals surface area contributed by atoms with Crippen molar-refractivity contribution in [1.29, 1.82) is 0 Å². The predicted molar refractivity (Wildman–Crippen MR) is 70.3 cm³/mol. The van der Waals surface area contributed by atoms with E-state index in [-0.39, 0.29) is 5.91 Å². The van der Waals surface area contributed by atoms with Gasteiger partial charge in [-0.2, -0.15) is 5.10 Å². The van der Waals surface area contributed by atoms with Crippen molar-refractivity contribution in [3.63, 3.8) is 0 Å². The highest BCUT2D eigenvalue weighted by Gasteiger charge is 2.19. The van der Waals surface area contributed by atoms with Crippen molar-refractivity contribution < 1.29 is 9.53 Å². The van der Waals surface area contributed by atoms with Crippen molar-refractivity contribution in [3.05, 3.63) is 48.3 Å². The number of aromatic nitrogens is 2. The lowest BCUT2D eigenvalue weighted by molar-refractivity contribution is 0.0303. The van der Waals surface area contributed by atoms with Crippen molar-refractivity contribution >= 4 is 5.91 Å². The molecule has 5 heteroatoms. The lowest BCUT2D eigenvalue weighted by Crippen LogP contribution is -2.40. The molecule has 1 amide bonds. The van der Waals surface area contributed by atoms with Crippen molar-refractivity contribution in [2.75, 3.05) is 26.3 Å². The van der Waals surface area contributed by atoms with E-state index in [9.17, 15) is 4.79 Å². The summed E-state index contributed by atoms with van der Waals surface area (Å²) in [5.41, 5.74) is 1.56. The molecule has 0 bridgehead atoms. The van der Waals surface area contributed by atoms with Crippen LogP contribution in [0.1, 0.15) is 10.4 Å². The molecule has 0 aliphatic carbocycles. The number of hydrogen-bond acceptors (Lipinski definition) is 3. The zero-order chi connectivity index (χ0) is 13.1. The summed E-state index contributed by atoms with van der Waals surface area (Å²) in [5.74, 6) is 0.0190. The summed E-state index contributed by atoms with van der Waals surface area (Å²) >= 11 is 0. The van der Waals surface area contributed by atoms with Gasteiger partial charge >= 0.3 is 0 Å². The number of ether oxygens (including phenoxy) is 1. The SMILES string of the molecule is O=C(c1cnn(-c2ccccc2)c1)N1CCOCC1. The maximum Gasteiger partial charge on any atom is 0.257 e. The second-order valence-electron chi connectivity index (χ2n) is 4.41. The van der Waals surface area contributed by atoms with E-state index >= 15 is 0 Å². The second kappa shape index (κ2) is 5.24. The Balaban J connectivity index is 1.79. The Labute approximate surface area is 111 Å². The second-order valence-corrected chi connectivity index (χ2v) is 4.41. The molecule has 0 N–H and O–H groups in total. The number of carbonyl (C=O) groups is 1. The van der Waals surface area contributed by atoms with E-state index in [1.807, 2.05) is 30.3 Å². The zero-order valence-electron chi connectivity index (χ0n) is 10.5. The molecular formula is C14H15N3O2. The summed E-state index contributed by atoms with van der Waals surface area (Å²) in [5, 5.41) is 4.24. The van der Waals surface area contributed by atoms with Crippen LogP contribution in [-0.2, 0) is 4.74 Å². The third-order valence-corrected chi connectivity index (χ3v) is 3.15. The Morgan fingerprint density at radius 3 is 2.63 bits per heavy atom. The highest BCUT2D eigenvalue weighted by molar-refractivity contribution is 5.93. The van der Waals surface area contributed by atoms with E-state index < -0.39 is 0 Å². The average molecular weight is 257 g/mol. The third-order valence-electron chi connectivity index (χ3n) is 3.15. The van der Waals surface area contributed by atoms with Gasteiger partial charge in [0, 0.05) is 19.3 Å². The Hall–Kier alpha value is -2.14. The molecule has 1 aromatic carbocycles. The molecule has 98 valence electrons. The molecule has 0 unspecified atom stereocenters. The molecule has 2 heterocycles. The fourth-order valence-corrected chi connectivity index (χ4v) is 2.10. The Kier molecular flexibility index (Phi) is 3.29. The standard InChI is InChI=1S/C14H15N3O2/c18-14(16-6-8-19-9-7-16)12-10-15-17(11-12)13-4-2-1-3-5-13/h1-5,10-11H,6-9H2. The van der Waals surface area contributed by atoms with Gasteiger partial charge in [0.15, 0.2) is 0 Å². The molecule has 1 fully saturated rings. The molecule has 2 aromatic rings. The van der Waals surface area contributed by atoms with E-state index in [1.54, 1.807) is 22.0 Å². The van der Waals surface area contributed by atoms with Gasteiger partial charge in [0.1, 0.15) is 0 Å². The van der Waals surface area contributed by atoms with Crippen LogP contribution in [0.2, 0.25) is 0 Å². The lowest BCUT2D eigenvalue weighted by Gasteiger charge is -2.26. The topological polar surface area (TPSA) is 47.4 Å². The summed E-state index contributed by atoms with van der Waals surface area (Å²) < 4.78 is 6.96. The fraction of sp³-hybridized carbons (Fsp3) is 0.286. The lowest BCUT2D eigenvalue weighted by atomic mass is 10.3. The summed E-state index contributed by atoms with van der Waals surface area (Å²) in [6.07, 6.45) is 3.39. The molecule has 5 nitrogen and oxygen atoms in total. The van der Waals surface area contributed by atoms with E-state index in [0.717, 1.165) is 5.69 Å². The molecule has 1 saturated heterocycles. The van der Waals surface area contributed by atoms with Crippen LogP contribution in [0.25, 0.3) is 5.69 Å². The van der Waals surface area contributed by atoms with Crippen molar-refractivity contribution in [2.45, 2.75) is 0 Å². The number of nitrogens with zero attached hydrogens (tertiary/aromatic N) is 3. The van der Waals surface area contributed by atoms with Crippen LogP contribution in [0.4, 0.5) is 0 Å². The first kappa shape index (κ1) is 11.9. The molecule has 1 aromatic heterocycles. The van der Waals surface area contributed by atoms with Gasteiger partial charge in [0.05, 0.1) is 30.7 Å². The van der Waals surface area contributed by atoms with Crippen LogP contribution >= 0.6 is 0 Å². The van der Waals surface area contributed by atoms with E-state index in [4.69, 9.17) is 4.74 Å². The molecule has 0 atom stereocenters. The van der Waals surface area contributed by atoms with Crippen LogP contribution in [0, 0.1) is 0 Å². The van der Waals surface area contributed by atoms with Gasteiger partial charge in [-0.3, -0.25) is 4.79 Å². The predicted octanol–water partition coefficient (Wildman–Crippen LogP) is 1.34. The maximum atomic E-state index is 12.3. The highest BCUT2D eigenvalue weighted by atomic mass is 16.5. The van der Waals surface area contributed by atoms with Gasteiger partial charge in [0.2, 0.25) is 0 Å². The van der Waals surface area contributed by atoms with Crippen LogP contribution in [-0.4, -0.2) is 46.9 Å². The number of rotatable bonds is 2.